The van der Waals surface area contributed by atoms with Crippen LogP contribution in [0.2, 0.25) is 10.0 Å². The summed E-state index contributed by atoms with van der Waals surface area (Å²) in [7, 11) is 0. The maximum atomic E-state index is 11.5. The fraction of sp³-hybridized carbons (Fsp3) is 0.120. The highest BCUT2D eigenvalue weighted by molar-refractivity contribution is 6.42. The summed E-state index contributed by atoms with van der Waals surface area (Å²) < 4.78 is 0. The third-order valence-corrected chi connectivity index (χ3v) is 5.89. The molecule has 3 aromatic rings. The minimum Gasteiger partial charge on any atom is -0.545 e. The van der Waals surface area contributed by atoms with Gasteiger partial charge >= 0.3 is 0 Å². The number of para-hydroxylation sites is 1. The van der Waals surface area contributed by atoms with Gasteiger partial charge in [-0.15, -0.1) is 12.4 Å². The van der Waals surface area contributed by atoms with Crippen LogP contribution in [0.5, 0.6) is 0 Å². The molecule has 0 atom stereocenters. The molecular formula is C25H20Cl3N2O2-. The van der Waals surface area contributed by atoms with Gasteiger partial charge in [-0.3, -0.25) is 4.99 Å². The van der Waals surface area contributed by atoms with Gasteiger partial charge in [-0.25, -0.2) is 0 Å². The van der Waals surface area contributed by atoms with Crippen LogP contribution < -0.4 is 10.0 Å². The summed E-state index contributed by atoms with van der Waals surface area (Å²) >= 11 is 12.1. The van der Waals surface area contributed by atoms with E-state index in [0.29, 0.717) is 35.2 Å². The first-order valence-corrected chi connectivity index (χ1v) is 10.6. The molecule has 0 unspecified atom stereocenters. The monoisotopic (exact) mass is 485 g/mol. The zero-order valence-electron chi connectivity index (χ0n) is 17.0. The van der Waals surface area contributed by atoms with Crippen LogP contribution in [0.15, 0.2) is 77.8 Å². The molecule has 0 spiro atoms. The van der Waals surface area contributed by atoms with Gasteiger partial charge in [-0.1, -0.05) is 77.8 Å². The molecule has 1 aliphatic heterocycles. The van der Waals surface area contributed by atoms with Crippen LogP contribution in [0.1, 0.15) is 27.0 Å². The van der Waals surface area contributed by atoms with E-state index in [9.17, 15) is 9.90 Å². The summed E-state index contributed by atoms with van der Waals surface area (Å²) in [5.41, 5.74) is 4.71. The summed E-state index contributed by atoms with van der Waals surface area (Å²) in [6.45, 7) is 1.71. The fourth-order valence-electron chi connectivity index (χ4n) is 3.62. The Morgan fingerprint density at radius 2 is 1.75 bits per heavy atom. The van der Waals surface area contributed by atoms with Crippen LogP contribution in [0, 0.1) is 0 Å². The number of anilines is 1. The summed E-state index contributed by atoms with van der Waals surface area (Å²) in [4.78, 5) is 18.4. The van der Waals surface area contributed by atoms with Crippen molar-refractivity contribution in [3.63, 3.8) is 0 Å². The number of carbonyl (C=O) groups excluding carboxylic acids is 1. The molecule has 3 aromatic carbocycles. The number of aromatic carboxylic acids is 1. The molecule has 0 N–H and O–H groups in total. The Balaban J connectivity index is 0.00000289. The van der Waals surface area contributed by atoms with Crippen LogP contribution >= 0.6 is 35.6 Å². The van der Waals surface area contributed by atoms with Crippen molar-refractivity contribution >= 4 is 59.1 Å². The molecular weight excluding hydrogens is 467 g/mol. The van der Waals surface area contributed by atoms with E-state index in [2.05, 4.69) is 4.90 Å². The number of halogens is 3. The predicted molar refractivity (Wildman–Crippen MR) is 132 cm³/mol. The molecule has 1 aliphatic rings. The molecule has 164 valence electrons. The molecule has 0 bridgehead atoms. The second-order valence-electron chi connectivity index (χ2n) is 7.16. The Morgan fingerprint density at radius 3 is 2.53 bits per heavy atom. The number of fused-ring (bicyclic) bond motifs is 1. The number of hydrogen-bond acceptors (Lipinski definition) is 4. The quantitative estimate of drug-likeness (QED) is 0.492. The first kappa shape index (κ1) is 23.9. The highest BCUT2D eigenvalue weighted by Crippen LogP contribution is 2.27. The van der Waals surface area contributed by atoms with Crippen molar-refractivity contribution in [3.05, 3.63) is 105 Å². The fourth-order valence-corrected chi connectivity index (χ4v) is 3.93. The standard InChI is InChI=1S/C25H20Cl2N2O2.ClH/c26-21-11-9-17(15-22(21)27)10-12-23-20-7-3-4-8-24(20)29(14-13-28-23)16-18-5-1-2-6-19(18)25(30)31;/h1-12,15H,13-14,16H2,(H,30,31);1H/p-1/b12-10+;. The van der Waals surface area contributed by atoms with Gasteiger partial charge < -0.3 is 14.8 Å². The predicted octanol–water partition coefficient (Wildman–Crippen LogP) is 5.30. The van der Waals surface area contributed by atoms with E-state index in [1.54, 1.807) is 18.2 Å². The van der Waals surface area contributed by atoms with Crippen molar-refractivity contribution in [1.29, 1.82) is 0 Å². The zero-order valence-corrected chi connectivity index (χ0v) is 19.3. The largest absolute Gasteiger partial charge is 0.545 e. The smallest absolute Gasteiger partial charge is 0.0718 e. The van der Waals surface area contributed by atoms with Gasteiger partial charge in [-0.2, -0.15) is 0 Å². The van der Waals surface area contributed by atoms with Gasteiger partial charge in [0.05, 0.1) is 28.3 Å². The molecule has 4 rings (SSSR count). The second-order valence-corrected chi connectivity index (χ2v) is 7.97. The lowest BCUT2D eigenvalue weighted by atomic mass is 10.0. The van der Waals surface area contributed by atoms with E-state index < -0.39 is 5.97 Å². The Kier molecular flexibility index (Phi) is 7.97. The molecule has 4 nitrogen and oxygen atoms in total. The molecule has 0 aliphatic carbocycles. The third kappa shape index (κ3) is 5.33. The van der Waals surface area contributed by atoms with E-state index in [0.717, 1.165) is 22.5 Å². The lowest BCUT2D eigenvalue weighted by Gasteiger charge is -2.26. The molecule has 0 amide bonds. The van der Waals surface area contributed by atoms with Crippen molar-refractivity contribution in [2.45, 2.75) is 6.54 Å². The number of benzodiazepines with no additional fused rings is 1. The van der Waals surface area contributed by atoms with Crippen LogP contribution in [0.3, 0.4) is 0 Å². The van der Waals surface area contributed by atoms with Gasteiger partial charge in [0, 0.05) is 29.9 Å². The zero-order chi connectivity index (χ0) is 21.8. The second kappa shape index (κ2) is 10.7. The number of hydrogen-bond donors (Lipinski definition) is 0. The van der Waals surface area contributed by atoms with Crippen LogP contribution in [-0.4, -0.2) is 24.8 Å². The maximum Gasteiger partial charge on any atom is 0.0718 e. The van der Waals surface area contributed by atoms with Crippen LogP contribution in [0.25, 0.3) is 6.08 Å². The van der Waals surface area contributed by atoms with Gasteiger partial charge in [0.15, 0.2) is 0 Å². The van der Waals surface area contributed by atoms with Crippen molar-refractivity contribution in [1.82, 2.24) is 0 Å². The van der Waals surface area contributed by atoms with Crippen LogP contribution in [0.4, 0.5) is 5.69 Å². The first-order chi connectivity index (χ1) is 15.0. The molecule has 0 saturated carbocycles. The average Bonchev–Trinajstić information content (AvgIpc) is 2.94. The Hall–Kier alpha value is -2.79. The van der Waals surface area contributed by atoms with Gasteiger partial charge in [0.2, 0.25) is 0 Å². The van der Waals surface area contributed by atoms with E-state index in [1.165, 1.54) is 0 Å². The topological polar surface area (TPSA) is 55.7 Å². The lowest BCUT2D eigenvalue weighted by Crippen LogP contribution is -2.29. The summed E-state index contributed by atoms with van der Waals surface area (Å²) in [6, 6.07) is 20.4. The normalized spacial score (nSPS) is 13.2. The summed E-state index contributed by atoms with van der Waals surface area (Å²) in [6.07, 6.45) is 3.93. The van der Waals surface area contributed by atoms with Gasteiger partial charge in [-0.05, 0) is 35.4 Å². The molecule has 0 fully saturated rings. The third-order valence-electron chi connectivity index (χ3n) is 5.15. The van der Waals surface area contributed by atoms with E-state index in [4.69, 9.17) is 28.2 Å². The van der Waals surface area contributed by atoms with E-state index >= 15 is 0 Å². The molecule has 0 saturated heterocycles. The number of carboxylic acid groups (broad SMARTS) is 1. The Morgan fingerprint density at radius 1 is 1.00 bits per heavy atom. The Labute approximate surface area is 203 Å². The number of carboxylic acids is 1. The summed E-state index contributed by atoms with van der Waals surface area (Å²) in [5, 5.41) is 12.5. The van der Waals surface area contributed by atoms with Crippen molar-refractivity contribution < 1.29 is 9.90 Å². The van der Waals surface area contributed by atoms with Crippen LogP contribution in [-0.2, 0) is 6.54 Å². The average molecular weight is 487 g/mol. The minimum atomic E-state index is -1.17. The van der Waals surface area contributed by atoms with Crippen molar-refractivity contribution in [2.75, 3.05) is 18.0 Å². The maximum absolute atomic E-state index is 11.5. The lowest BCUT2D eigenvalue weighted by molar-refractivity contribution is -0.255. The first-order valence-electron chi connectivity index (χ1n) is 9.84. The van der Waals surface area contributed by atoms with E-state index in [1.807, 2.05) is 60.7 Å². The highest BCUT2D eigenvalue weighted by Gasteiger charge is 2.18. The molecule has 7 heteroatoms. The summed E-state index contributed by atoms with van der Waals surface area (Å²) in [5.74, 6) is -1.17. The molecule has 32 heavy (non-hydrogen) atoms. The number of aliphatic imine (C=N–C) groups is 1. The highest BCUT2D eigenvalue weighted by atomic mass is 35.5. The Bertz CT molecular complexity index is 1190. The number of allylic oxidation sites excluding steroid dienone is 1. The molecule has 0 radical (unpaired) electrons. The number of nitrogens with zero attached hydrogens (tertiary/aromatic N) is 2. The van der Waals surface area contributed by atoms with Gasteiger partial charge in [0.25, 0.3) is 0 Å². The number of benzene rings is 3. The minimum absolute atomic E-state index is 0. The van der Waals surface area contributed by atoms with E-state index in [-0.39, 0.29) is 18.0 Å². The number of rotatable bonds is 5. The van der Waals surface area contributed by atoms with Crippen molar-refractivity contribution in [3.8, 4) is 0 Å². The van der Waals surface area contributed by atoms with Crippen molar-refractivity contribution in [2.24, 2.45) is 4.99 Å². The van der Waals surface area contributed by atoms with Gasteiger partial charge in [0.1, 0.15) is 0 Å². The number of carbonyl (C=O) groups is 1. The molecule has 0 aromatic heterocycles. The molecule has 1 heterocycles. The SMILES string of the molecule is Cl.O=C([O-])c1ccccc1CN1CCN=C(/C=C/c2ccc(Cl)c(Cl)c2)c2ccccc21.